The summed E-state index contributed by atoms with van der Waals surface area (Å²) < 4.78 is 12.0. The van der Waals surface area contributed by atoms with Crippen LogP contribution in [-0.4, -0.2) is 55.1 Å². The van der Waals surface area contributed by atoms with E-state index in [1.807, 2.05) is 48.5 Å². The van der Waals surface area contributed by atoms with Crippen LogP contribution in [0, 0.1) is 23.7 Å². The molecule has 63 heavy (non-hydrogen) atoms. The molecule has 0 amide bonds. The molecular weight excluding hydrogens is 837 g/mol. The fourth-order valence-corrected chi connectivity index (χ4v) is 12.5. The van der Waals surface area contributed by atoms with E-state index in [9.17, 15) is 29.4 Å². The summed E-state index contributed by atoms with van der Waals surface area (Å²) in [7, 11) is 0. The molecule has 11 rings (SSSR count). The monoisotopic (exact) mass is 876 g/mol. The van der Waals surface area contributed by atoms with Crippen LogP contribution in [0.25, 0.3) is 20.5 Å². The van der Waals surface area contributed by atoms with Gasteiger partial charge in [-0.05, 0) is 69.8 Å². The number of esters is 2. The van der Waals surface area contributed by atoms with Gasteiger partial charge in [-0.25, -0.2) is 29.5 Å². The van der Waals surface area contributed by atoms with Gasteiger partial charge in [0.1, 0.15) is 25.4 Å². The number of ketones is 2. The summed E-state index contributed by atoms with van der Waals surface area (Å²) in [5, 5.41) is 25.0. The van der Waals surface area contributed by atoms with Crippen LogP contribution in [-0.2, 0) is 47.3 Å². The lowest BCUT2D eigenvalue weighted by molar-refractivity contribution is -0.164. The number of thiazole rings is 2. The maximum atomic E-state index is 14.9. The summed E-state index contributed by atoms with van der Waals surface area (Å²) in [5.74, 6) is -2.54. The first-order chi connectivity index (χ1) is 30.7. The molecule has 14 heteroatoms. The number of aromatic nitrogens is 2. The molecule has 0 spiro atoms. The van der Waals surface area contributed by atoms with E-state index < -0.39 is 41.4 Å². The van der Waals surface area contributed by atoms with Crippen LogP contribution in [0.5, 0.6) is 0 Å². The fraction of sp³-hybridized carbons (Fsp3) is 0.306. The quantitative estimate of drug-likeness (QED) is 0.111. The Morgan fingerprint density at radius 2 is 1.10 bits per heavy atom. The molecule has 5 aliphatic carbocycles. The zero-order valence-corrected chi connectivity index (χ0v) is 35.4. The number of hydrogen-bond acceptors (Lipinski definition) is 14. The second-order valence-electron chi connectivity index (χ2n) is 17.1. The highest BCUT2D eigenvalue weighted by Gasteiger charge is 2.63. The molecule has 6 aromatic rings. The lowest BCUT2D eigenvalue weighted by atomic mass is 9.64. The predicted octanol–water partition coefficient (Wildman–Crippen LogP) is 8.42. The number of carbonyl (C=O) groups excluding carboxylic acids is 4. The zero-order valence-electron chi connectivity index (χ0n) is 33.8. The van der Waals surface area contributed by atoms with Crippen molar-refractivity contribution in [2.24, 2.45) is 33.7 Å². The van der Waals surface area contributed by atoms with Crippen molar-refractivity contribution in [3.05, 3.63) is 131 Å². The van der Waals surface area contributed by atoms with Crippen molar-refractivity contribution >= 4 is 78.6 Å². The number of Topliss-reactive ketones (excluding diaryl/α,β-unsaturated/α-hetero) is 2. The van der Waals surface area contributed by atoms with Gasteiger partial charge in [0.05, 0.1) is 26.9 Å². The summed E-state index contributed by atoms with van der Waals surface area (Å²) in [4.78, 5) is 77.5. The van der Waals surface area contributed by atoms with Gasteiger partial charge in [-0.2, -0.15) is 0 Å². The Labute approximate surface area is 369 Å². The van der Waals surface area contributed by atoms with E-state index in [0.717, 1.165) is 59.1 Å². The number of carbonyl (C=O) groups is 4. The number of rotatable bonds is 8. The third kappa shape index (κ3) is 6.52. The van der Waals surface area contributed by atoms with Crippen molar-refractivity contribution in [2.45, 2.75) is 69.4 Å². The smallest absolute Gasteiger partial charge is 0.336 e. The molecule has 2 heterocycles. The van der Waals surface area contributed by atoms with Crippen LogP contribution >= 0.6 is 22.7 Å². The number of aliphatic hydroxyl groups is 2. The fourth-order valence-electron chi connectivity index (χ4n) is 10.4. The number of benzene rings is 4. The minimum absolute atomic E-state index is 0.0252. The molecule has 0 aliphatic heterocycles. The lowest BCUT2D eigenvalue weighted by Gasteiger charge is -2.39. The number of nitrogens with zero attached hydrogens (tertiary/aromatic N) is 4. The van der Waals surface area contributed by atoms with Crippen molar-refractivity contribution in [2.75, 3.05) is 0 Å². The molecule has 0 radical (unpaired) electrons. The molecule has 4 aromatic carbocycles. The molecule has 6 atom stereocenters. The van der Waals surface area contributed by atoms with Gasteiger partial charge in [0.2, 0.25) is 10.3 Å². The van der Waals surface area contributed by atoms with Gasteiger partial charge in [0, 0.05) is 11.8 Å². The Kier molecular flexibility index (Phi) is 9.86. The molecule has 6 unspecified atom stereocenters. The molecule has 316 valence electrons. The summed E-state index contributed by atoms with van der Waals surface area (Å²) in [6, 6.07) is 29.3. The van der Waals surface area contributed by atoms with E-state index in [1.165, 1.54) is 0 Å². The topological polar surface area (TPSA) is 178 Å². The van der Waals surface area contributed by atoms with Crippen molar-refractivity contribution in [1.82, 2.24) is 9.97 Å². The van der Waals surface area contributed by atoms with Crippen LogP contribution in [0.4, 0.5) is 10.3 Å². The molecular formula is C49H40N4O8S2. The molecule has 0 saturated heterocycles. The Hall–Kier alpha value is -6.06. The highest BCUT2D eigenvalue weighted by atomic mass is 32.1. The molecule has 3 fully saturated rings. The lowest BCUT2D eigenvalue weighted by Crippen LogP contribution is -2.46. The first-order valence-corrected chi connectivity index (χ1v) is 22.9. The summed E-state index contributed by atoms with van der Waals surface area (Å²) in [6.07, 6.45) is 3.24. The molecule has 12 nitrogen and oxygen atoms in total. The summed E-state index contributed by atoms with van der Waals surface area (Å²) in [5.41, 5.74) is -0.182. The molecule has 5 aliphatic rings. The van der Waals surface area contributed by atoms with Gasteiger partial charge in [0.15, 0.2) is 17.3 Å². The minimum atomic E-state index is -2.38. The molecule has 3 saturated carbocycles. The van der Waals surface area contributed by atoms with Gasteiger partial charge < -0.3 is 19.7 Å². The first-order valence-electron chi connectivity index (χ1n) is 21.3. The predicted molar refractivity (Wildman–Crippen MR) is 236 cm³/mol. The number of aliphatic hydroxyl groups excluding tert-OH is 2. The van der Waals surface area contributed by atoms with Gasteiger partial charge >= 0.3 is 11.9 Å². The third-order valence-electron chi connectivity index (χ3n) is 13.5. The number of ether oxygens (including phenoxy) is 2. The molecule has 2 aromatic heterocycles. The SMILES string of the molecule is O=C1C(=Nc2nc3c(s2)-c2sc(N=C4C(O)c5cc6ccccc6cc5C4O)nc2C3(C(=O)OCc2ccccc2)C(=O)OCc2ccccc2)C(=O)C2CC3CCCCC3CC12. The Morgan fingerprint density at radius 1 is 0.651 bits per heavy atom. The normalized spacial score (nSPS) is 24.0. The van der Waals surface area contributed by atoms with Crippen LogP contribution in [0.15, 0.2) is 107 Å². The van der Waals surface area contributed by atoms with E-state index in [-0.39, 0.29) is 57.9 Å². The maximum absolute atomic E-state index is 14.9. The van der Waals surface area contributed by atoms with Crippen molar-refractivity contribution in [3.8, 4) is 9.75 Å². The van der Waals surface area contributed by atoms with E-state index in [4.69, 9.17) is 24.4 Å². The van der Waals surface area contributed by atoms with Crippen molar-refractivity contribution in [1.29, 1.82) is 0 Å². The minimum Gasteiger partial charge on any atom is -0.459 e. The van der Waals surface area contributed by atoms with E-state index in [1.54, 1.807) is 48.5 Å². The molecule has 2 N–H and O–H groups in total. The van der Waals surface area contributed by atoms with Gasteiger partial charge in [-0.3, -0.25) is 9.59 Å². The number of hydrogen-bond donors (Lipinski definition) is 2. The Bertz CT molecular complexity index is 2780. The van der Waals surface area contributed by atoms with Crippen molar-refractivity contribution < 1.29 is 38.9 Å². The van der Waals surface area contributed by atoms with Crippen LogP contribution in [0.2, 0.25) is 0 Å². The van der Waals surface area contributed by atoms with E-state index in [2.05, 4.69) is 4.99 Å². The average molecular weight is 877 g/mol. The van der Waals surface area contributed by atoms with Gasteiger partial charge in [0.25, 0.3) is 5.41 Å². The first kappa shape index (κ1) is 39.8. The second-order valence-corrected chi connectivity index (χ2v) is 19.0. The Balaban J connectivity index is 1.03. The van der Waals surface area contributed by atoms with Gasteiger partial charge in [-0.1, -0.05) is 133 Å². The third-order valence-corrected chi connectivity index (χ3v) is 15.6. The van der Waals surface area contributed by atoms with Crippen LogP contribution < -0.4 is 0 Å². The van der Waals surface area contributed by atoms with E-state index in [0.29, 0.717) is 56.7 Å². The highest BCUT2D eigenvalue weighted by Crippen LogP contribution is 2.58. The van der Waals surface area contributed by atoms with Crippen molar-refractivity contribution in [3.63, 3.8) is 0 Å². The standard InChI is InChI=1S/C49H40N4O8S2/c54-37-31-19-27-15-7-8-16-28(27)20-32(31)38(55)35(37)50-47-52-43-41(62-47)42-44(53-48(63-42)51-36-39(56)33-21-29-17-9-10-18-30(29)22-34(33)40(36)57)49(43,45(58)60-23-25-11-3-1-4-12-25)46(59)61-24-26-13-5-2-6-14-26/h1-8,11-16,19-20,29-30,33-34,37-38,54-55H,9-10,17-18,21-24H2. The highest BCUT2D eigenvalue weighted by molar-refractivity contribution is 7.25. The number of aliphatic imine (C=N–C) groups is 2. The number of fused-ring (bicyclic) bond motifs is 7. The van der Waals surface area contributed by atoms with Crippen LogP contribution in [0.3, 0.4) is 0 Å². The van der Waals surface area contributed by atoms with Crippen LogP contribution in [0.1, 0.15) is 84.4 Å². The zero-order chi connectivity index (χ0) is 43.0. The maximum Gasteiger partial charge on any atom is 0.336 e. The van der Waals surface area contributed by atoms with E-state index >= 15 is 0 Å². The molecule has 0 bridgehead atoms. The summed E-state index contributed by atoms with van der Waals surface area (Å²) in [6.45, 7) is -0.370. The van der Waals surface area contributed by atoms with Gasteiger partial charge in [-0.15, -0.1) is 0 Å². The average Bonchev–Trinajstić information content (AvgIpc) is 4.08. The second kappa shape index (κ2) is 15.6. The summed E-state index contributed by atoms with van der Waals surface area (Å²) >= 11 is 2.07. The largest absolute Gasteiger partial charge is 0.459 e. The Morgan fingerprint density at radius 3 is 1.57 bits per heavy atom.